The van der Waals surface area contributed by atoms with E-state index in [-0.39, 0.29) is 11.5 Å². The first-order valence-electron chi connectivity index (χ1n) is 6.24. The van der Waals surface area contributed by atoms with Gasteiger partial charge in [-0.3, -0.25) is 9.59 Å². The standard InChI is InChI=1S/C15H16N2O3/c1-20-10-12-6-3-2-5-11(12)9-17-15(19)13-7-4-8-16-14(13)18/h2-8H,9-10H2,1H3,(H,16,18)(H,17,19). The molecule has 20 heavy (non-hydrogen) atoms. The lowest BCUT2D eigenvalue weighted by Crippen LogP contribution is -2.29. The van der Waals surface area contributed by atoms with E-state index in [1.807, 2.05) is 24.3 Å². The SMILES string of the molecule is COCc1ccccc1CNC(=O)c1ccc[nH]c1=O. The maximum absolute atomic E-state index is 11.9. The van der Waals surface area contributed by atoms with Crippen LogP contribution in [0.15, 0.2) is 47.4 Å². The number of carbonyl (C=O) groups excluding carboxylic acids is 1. The number of hydrogen-bond donors (Lipinski definition) is 2. The maximum Gasteiger partial charge on any atom is 0.260 e. The zero-order valence-corrected chi connectivity index (χ0v) is 11.2. The molecule has 2 rings (SSSR count). The molecule has 0 fully saturated rings. The molecule has 0 aliphatic rings. The molecule has 1 aromatic carbocycles. The van der Waals surface area contributed by atoms with Crippen molar-refractivity contribution in [2.24, 2.45) is 0 Å². The molecule has 5 nitrogen and oxygen atoms in total. The van der Waals surface area contributed by atoms with Crippen molar-refractivity contribution in [2.45, 2.75) is 13.2 Å². The van der Waals surface area contributed by atoms with Gasteiger partial charge in [-0.1, -0.05) is 24.3 Å². The average Bonchev–Trinajstić information content (AvgIpc) is 2.47. The number of benzene rings is 1. The predicted octanol–water partition coefficient (Wildman–Crippen LogP) is 1.45. The van der Waals surface area contributed by atoms with Gasteiger partial charge >= 0.3 is 0 Å². The number of aromatic nitrogens is 1. The molecule has 0 aliphatic heterocycles. The molecular formula is C15H16N2O3. The molecular weight excluding hydrogens is 256 g/mol. The average molecular weight is 272 g/mol. The lowest BCUT2D eigenvalue weighted by molar-refractivity contribution is 0.0949. The minimum Gasteiger partial charge on any atom is -0.380 e. The maximum atomic E-state index is 11.9. The topological polar surface area (TPSA) is 71.2 Å². The quantitative estimate of drug-likeness (QED) is 0.865. The second-order valence-corrected chi connectivity index (χ2v) is 4.30. The Morgan fingerprint density at radius 1 is 1.20 bits per heavy atom. The van der Waals surface area contributed by atoms with Crippen LogP contribution in [0.5, 0.6) is 0 Å². The molecule has 0 bridgehead atoms. The normalized spacial score (nSPS) is 10.2. The summed E-state index contributed by atoms with van der Waals surface area (Å²) in [5, 5.41) is 2.74. The van der Waals surface area contributed by atoms with E-state index in [0.29, 0.717) is 13.2 Å². The van der Waals surface area contributed by atoms with Gasteiger partial charge < -0.3 is 15.0 Å². The van der Waals surface area contributed by atoms with Gasteiger partial charge in [-0.15, -0.1) is 0 Å². The smallest absolute Gasteiger partial charge is 0.260 e. The van der Waals surface area contributed by atoms with E-state index >= 15 is 0 Å². The molecule has 1 heterocycles. The van der Waals surface area contributed by atoms with Crippen LogP contribution < -0.4 is 10.9 Å². The number of aromatic amines is 1. The van der Waals surface area contributed by atoms with Gasteiger partial charge in [0.05, 0.1) is 6.61 Å². The second-order valence-electron chi connectivity index (χ2n) is 4.30. The van der Waals surface area contributed by atoms with Crippen molar-refractivity contribution in [2.75, 3.05) is 7.11 Å². The first-order chi connectivity index (χ1) is 9.72. The van der Waals surface area contributed by atoms with Crippen molar-refractivity contribution in [1.82, 2.24) is 10.3 Å². The number of amides is 1. The zero-order valence-electron chi connectivity index (χ0n) is 11.2. The Balaban J connectivity index is 2.08. The Morgan fingerprint density at radius 2 is 1.95 bits per heavy atom. The first kappa shape index (κ1) is 14.0. The van der Waals surface area contributed by atoms with Gasteiger partial charge in [0.25, 0.3) is 11.5 Å². The summed E-state index contributed by atoms with van der Waals surface area (Å²) in [4.78, 5) is 25.9. The highest BCUT2D eigenvalue weighted by Gasteiger charge is 2.10. The van der Waals surface area contributed by atoms with Crippen LogP contribution in [0.25, 0.3) is 0 Å². The van der Waals surface area contributed by atoms with Gasteiger partial charge in [-0.2, -0.15) is 0 Å². The Kier molecular flexibility index (Phi) is 4.68. The molecule has 0 aliphatic carbocycles. The van der Waals surface area contributed by atoms with Crippen LogP contribution in [0.3, 0.4) is 0 Å². The van der Waals surface area contributed by atoms with Crippen molar-refractivity contribution in [3.63, 3.8) is 0 Å². The first-order valence-corrected chi connectivity index (χ1v) is 6.24. The molecule has 1 aromatic heterocycles. The molecule has 0 radical (unpaired) electrons. The third kappa shape index (κ3) is 3.33. The Bertz CT molecular complexity index is 649. The summed E-state index contributed by atoms with van der Waals surface area (Å²) in [7, 11) is 1.62. The van der Waals surface area contributed by atoms with E-state index in [1.165, 1.54) is 12.3 Å². The highest BCUT2D eigenvalue weighted by Crippen LogP contribution is 2.09. The molecule has 0 spiro atoms. The summed E-state index contributed by atoms with van der Waals surface area (Å²) in [5.41, 5.74) is 1.69. The Hall–Kier alpha value is -2.40. The van der Waals surface area contributed by atoms with Crippen molar-refractivity contribution < 1.29 is 9.53 Å². The van der Waals surface area contributed by atoms with Crippen LogP contribution in [0, 0.1) is 0 Å². The van der Waals surface area contributed by atoms with Crippen LogP contribution in [0.1, 0.15) is 21.5 Å². The van der Waals surface area contributed by atoms with E-state index < -0.39 is 5.56 Å². The Labute approximate surface area is 116 Å². The van der Waals surface area contributed by atoms with Crippen LogP contribution in [0.2, 0.25) is 0 Å². The van der Waals surface area contributed by atoms with E-state index in [9.17, 15) is 9.59 Å². The summed E-state index contributed by atoms with van der Waals surface area (Å²) in [6.07, 6.45) is 1.49. The summed E-state index contributed by atoms with van der Waals surface area (Å²) in [6, 6.07) is 10.8. The predicted molar refractivity (Wildman–Crippen MR) is 75.4 cm³/mol. The summed E-state index contributed by atoms with van der Waals surface area (Å²) in [6.45, 7) is 0.838. The lowest BCUT2D eigenvalue weighted by atomic mass is 10.1. The highest BCUT2D eigenvalue weighted by atomic mass is 16.5. The van der Waals surface area contributed by atoms with Gasteiger partial charge in [0, 0.05) is 19.9 Å². The molecule has 0 atom stereocenters. The molecule has 0 saturated carbocycles. The zero-order chi connectivity index (χ0) is 14.4. The van der Waals surface area contributed by atoms with Gasteiger partial charge in [-0.25, -0.2) is 0 Å². The number of carbonyl (C=O) groups is 1. The van der Waals surface area contributed by atoms with Crippen LogP contribution >= 0.6 is 0 Å². The van der Waals surface area contributed by atoms with Gasteiger partial charge in [0.1, 0.15) is 5.56 Å². The van der Waals surface area contributed by atoms with Crippen LogP contribution in [0.4, 0.5) is 0 Å². The number of ether oxygens (including phenoxy) is 1. The fourth-order valence-corrected chi connectivity index (χ4v) is 1.90. The summed E-state index contributed by atoms with van der Waals surface area (Å²) >= 11 is 0. The van der Waals surface area contributed by atoms with Crippen molar-refractivity contribution >= 4 is 5.91 Å². The number of hydrogen-bond acceptors (Lipinski definition) is 3. The number of nitrogens with one attached hydrogen (secondary N) is 2. The second kappa shape index (κ2) is 6.68. The van der Waals surface area contributed by atoms with E-state index in [1.54, 1.807) is 13.2 Å². The molecule has 1 amide bonds. The fourth-order valence-electron chi connectivity index (χ4n) is 1.90. The Morgan fingerprint density at radius 3 is 2.65 bits per heavy atom. The molecule has 104 valence electrons. The summed E-state index contributed by atoms with van der Waals surface area (Å²) < 4.78 is 5.11. The van der Waals surface area contributed by atoms with E-state index in [0.717, 1.165) is 11.1 Å². The van der Waals surface area contributed by atoms with Crippen molar-refractivity contribution in [3.8, 4) is 0 Å². The fraction of sp³-hybridized carbons (Fsp3) is 0.200. The highest BCUT2D eigenvalue weighted by molar-refractivity contribution is 5.93. The number of H-pyrrole nitrogens is 1. The number of pyridine rings is 1. The summed E-state index contributed by atoms with van der Waals surface area (Å²) in [5.74, 6) is -0.390. The number of methoxy groups -OCH3 is 1. The van der Waals surface area contributed by atoms with Crippen LogP contribution in [-0.2, 0) is 17.9 Å². The number of rotatable bonds is 5. The third-order valence-corrected chi connectivity index (χ3v) is 2.92. The van der Waals surface area contributed by atoms with E-state index in [4.69, 9.17) is 4.74 Å². The molecule has 5 heteroatoms. The largest absolute Gasteiger partial charge is 0.380 e. The minimum absolute atomic E-state index is 0.108. The van der Waals surface area contributed by atoms with Gasteiger partial charge in [0.15, 0.2) is 0 Å². The minimum atomic E-state index is -0.393. The molecule has 2 N–H and O–H groups in total. The van der Waals surface area contributed by atoms with Gasteiger partial charge in [-0.05, 0) is 23.3 Å². The van der Waals surface area contributed by atoms with Crippen molar-refractivity contribution in [1.29, 1.82) is 0 Å². The lowest BCUT2D eigenvalue weighted by Gasteiger charge is -2.09. The van der Waals surface area contributed by atoms with Gasteiger partial charge in [0.2, 0.25) is 0 Å². The monoisotopic (exact) mass is 272 g/mol. The molecule has 0 saturated heterocycles. The van der Waals surface area contributed by atoms with Crippen LogP contribution in [-0.4, -0.2) is 18.0 Å². The molecule has 2 aromatic rings. The molecule has 0 unspecified atom stereocenters. The van der Waals surface area contributed by atoms with E-state index in [2.05, 4.69) is 10.3 Å². The van der Waals surface area contributed by atoms with Crippen molar-refractivity contribution in [3.05, 3.63) is 69.6 Å². The third-order valence-electron chi connectivity index (χ3n) is 2.92.